The molecule has 0 heterocycles. The Kier molecular flexibility index (Phi) is 4.03. The van der Waals surface area contributed by atoms with Crippen LogP contribution >= 0.6 is 0 Å². The molecule has 1 rings (SSSR count). The summed E-state index contributed by atoms with van der Waals surface area (Å²) >= 11 is 0. The smallest absolute Gasteiger partial charge is 0.311 e. The van der Waals surface area contributed by atoms with E-state index in [2.05, 4.69) is 6.92 Å². The van der Waals surface area contributed by atoms with Gasteiger partial charge in [-0.3, -0.25) is 9.59 Å². The Morgan fingerprint density at radius 2 is 1.80 bits per heavy atom. The summed E-state index contributed by atoms with van der Waals surface area (Å²) < 4.78 is 0. The van der Waals surface area contributed by atoms with Gasteiger partial charge in [-0.15, -0.1) is 0 Å². The number of aryl methyl sites for hydroxylation is 1. The molecule has 1 aromatic carbocycles. The van der Waals surface area contributed by atoms with Crippen molar-refractivity contribution in [3.63, 3.8) is 0 Å². The zero-order valence-corrected chi connectivity index (χ0v) is 8.69. The van der Waals surface area contributed by atoms with E-state index in [9.17, 15) is 9.59 Å². The van der Waals surface area contributed by atoms with E-state index >= 15 is 0 Å². The average Bonchev–Trinajstić information content (AvgIpc) is 2.18. The summed E-state index contributed by atoms with van der Waals surface area (Å²) in [5, 5.41) is 8.46. The molecule has 15 heavy (non-hydrogen) atoms. The number of hydrogen-bond acceptors (Lipinski definition) is 2. The third kappa shape index (κ3) is 3.54. The lowest BCUT2D eigenvalue weighted by molar-refractivity contribution is -0.135. The van der Waals surface area contributed by atoms with E-state index in [1.165, 1.54) is 5.56 Å². The minimum absolute atomic E-state index is 0.342. The Bertz CT molecular complexity index is 352. The monoisotopic (exact) mass is 206 g/mol. The maximum atomic E-state index is 11.3. The molecule has 0 unspecified atom stereocenters. The summed E-state index contributed by atoms with van der Waals surface area (Å²) in [5.41, 5.74) is 1.64. The van der Waals surface area contributed by atoms with Gasteiger partial charge in [0.15, 0.2) is 5.78 Å². The quantitative estimate of drug-likeness (QED) is 0.594. The van der Waals surface area contributed by atoms with Gasteiger partial charge in [0, 0.05) is 5.56 Å². The summed E-state index contributed by atoms with van der Waals surface area (Å²) in [6.45, 7) is 2.09. The van der Waals surface area contributed by atoms with Crippen LogP contribution in [0.1, 0.15) is 35.7 Å². The van der Waals surface area contributed by atoms with E-state index in [4.69, 9.17) is 5.11 Å². The van der Waals surface area contributed by atoms with Gasteiger partial charge < -0.3 is 5.11 Å². The third-order valence-electron chi connectivity index (χ3n) is 2.13. The second kappa shape index (κ2) is 5.29. The predicted molar refractivity (Wildman–Crippen MR) is 57.0 cm³/mol. The predicted octanol–water partition coefficient (Wildman–Crippen LogP) is 2.30. The van der Waals surface area contributed by atoms with E-state index < -0.39 is 12.4 Å². The van der Waals surface area contributed by atoms with Gasteiger partial charge in [-0.2, -0.15) is 0 Å². The second-order valence-corrected chi connectivity index (χ2v) is 3.44. The number of carbonyl (C=O) groups is 2. The minimum Gasteiger partial charge on any atom is -0.481 e. The highest BCUT2D eigenvalue weighted by atomic mass is 16.4. The maximum Gasteiger partial charge on any atom is 0.311 e. The number of carboxylic acids is 1. The summed E-state index contributed by atoms with van der Waals surface area (Å²) in [6.07, 6.45) is 1.60. The molecule has 1 aromatic rings. The first-order valence-corrected chi connectivity index (χ1v) is 4.97. The van der Waals surface area contributed by atoms with Crippen LogP contribution in [0.4, 0.5) is 0 Å². The topological polar surface area (TPSA) is 54.4 Å². The number of hydrogen-bond donors (Lipinski definition) is 1. The van der Waals surface area contributed by atoms with Crippen molar-refractivity contribution < 1.29 is 14.7 Å². The van der Waals surface area contributed by atoms with Crippen LogP contribution in [0.25, 0.3) is 0 Å². The first-order valence-electron chi connectivity index (χ1n) is 4.97. The molecule has 0 aromatic heterocycles. The largest absolute Gasteiger partial charge is 0.481 e. The molecule has 3 heteroatoms. The lowest BCUT2D eigenvalue weighted by Crippen LogP contribution is -2.06. The SMILES string of the molecule is CCCc1ccc(C(=O)CC(=O)O)cc1. The molecule has 0 aliphatic rings. The third-order valence-corrected chi connectivity index (χ3v) is 2.13. The van der Waals surface area contributed by atoms with Gasteiger partial charge in [0.2, 0.25) is 0 Å². The molecule has 0 saturated carbocycles. The van der Waals surface area contributed by atoms with Crippen molar-refractivity contribution >= 4 is 11.8 Å². The zero-order valence-electron chi connectivity index (χ0n) is 8.69. The molecule has 1 N–H and O–H groups in total. The molecule has 80 valence electrons. The van der Waals surface area contributed by atoms with Crippen LogP contribution in [0.15, 0.2) is 24.3 Å². The van der Waals surface area contributed by atoms with Crippen LogP contribution in [0.3, 0.4) is 0 Å². The molecule has 0 bridgehead atoms. The van der Waals surface area contributed by atoms with Crippen molar-refractivity contribution in [3.05, 3.63) is 35.4 Å². The number of carbonyl (C=O) groups excluding carboxylic acids is 1. The van der Waals surface area contributed by atoms with Crippen LogP contribution in [0, 0.1) is 0 Å². The molecule has 0 radical (unpaired) electrons. The Balaban J connectivity index is 2.71. The lowest BCUT2D eigenvalue weighted by Gasteiger charge is -2.01. The highest BCUT2D eigenvalue weighted by Gasteiger charge is 2.09. The van der Waals surface area contributed by atoms with Crippen molar-refractivity contribution in [2.75, 3.05) is 0 Å². The highest BCUT2D eigenvalue weighted by molar-refractivity contribution is 6.05. The molecule has 0 spiro atoms. The van der Waals surface area contributed by atoms with Gasteiger partial charge in [-0.05, 0) is 12.0 Å². The number of carboxylic acid groups (broad SMARTS) is 1. The molecule has 0 saturated heterocycles. The van der Waals surface area contributed by atoms with E-state index in [-0.39, 0.29) is 5.78 Å². The van der Waals surface area contributed by atoms with Crippen LogP contribution in [0.2, 0.25) is 0 Å². The van der Waals surface area contributed by atoms with Crippen LogP contribution in [-0.4, -0.2) is 16.9 Å². The number of benzene rings is 1. The fourth-order valence-electron chi connectivity index (χ4n) is 1.39. The lowest BCUT2D eigenvalue weighted by atomic mass is 10.0. The Morgan fingerprint density at radius 3 is 2.27 bits per heavy atom. The number of rotatable bonds is 5. The zero-order chi connectivity index (χ0) is 11.3. The fourth-order valence-corrected chi connectivity index (χ4v) is 1.39. The van der Waals surface area contributed by atoms with Crippen molar-refractivity contribution in [1.82, 2.24) is 0 Å². The van der Waals surface area contributed by atoms with Crippen molar-refractivity contribution in [3.8, 4) is 0 Å². The van der Waals surface area contributed by atoms with E-state index in [1.54, 1.807) is 12.1 Å². The molecule has 3 nitrogen and oxygen atoms in total. The van der Waals surface area contributed by atoms with Crippen LogP contribution in [-0.2, 0) is 11.2 Å². The molecular formula is C12H14O3. The molecule has 0 aliphatic heterocycles. The first kappa shape index (κ1) is 11.4. The Hall–Kier alpha value is -1.64. The number of aliphatic carboxylic acids is 1. The maximum absolute atomic E-state index is 11.3. The first-order chi connectivity index (χ1) is 7.13. The van der Waals surface area contributed by atoms with Gasteiger partial charge >= 0.3 is 5.97 Å². The Morgan fingerprint density at radius 1 is 1.20 bits per heavy atom. The van der Waals surface area contributed by atoms with Crippen molar-refractivity contribution in [1.29, 1.82) is 0 Å². The average molecular weight is 206 g/mol. The standard InChI is InChI=1S/C12H14O3/c1-2-3-9-4-6-10(7-5-9)11(13)8-12(14)15/h4-7H,2-3,8H2,1H3,(H,14,15). The fraction of sp³-hybridized carbons (Fsp3) is 0.333. The van der Waals surface area contributed by atoms with Gasteiger partial charge in [0.25, 0.3) is 0 Å². The van der Waals surface area contributed by atoms with E-state index in [0.717, 1.165) is 12.8 Å². The van der Waals surface area contributed by atoms with E-state index in [0.29, 0.717) is 5.56 Å². The van der Waals surface area contributed by atoms with Crippen LogP contribution in [0.5, 0.6) is 0 Å². The normalized spacial score (nSPS) is 9.93. The molecular weight excluding hydrogens is 192 g/mol. The minimum atomic E-state index is -1.09. The van der Waals surface area contributed by atoms with Crippen molar-refractivity contribution in [2.24, 2.45) is 0 Å². The molecule has 0 aliphatic carbocycles. The van der Waals surface area contributed by atoms with Crippen molar-refractivity contribution in [2.45, 2.75) is 26.2 Å². The van der Waals surface area contributed by atoms with Gasteiger partial charge in [-0.1, -0.05) is 37.6 Å². The Labute approximate surface area is 88.7 Å². The van der Waals surface area contributed by atoms with E-state index in [1.807, 2.05) is 12.1 Å². The summed E-state index contributed by atoms with van der Waals surface area (Å²) in [5.74, 6) is -1.43. The highest BCUT2D eigenvalue weighted by Crippen LogP contribution is 2.08. The molecule has 0 fully saturated rings. The number of ketones is 1. The summed E-state index contributed by atoms with van der Waals surface area (Å²) in [6, 6.07) is 7.13. The molecule has 0 atom stereocenters. The van der Waals surface area contributed by atoms with Gasteiger partial charge in [0.1, 0.15) is 6.42 Å². The molecule has 0 amide bonds. The summed E-state index contributed by atoms with van der Waals surface area (Å²) in [4.78, 5) is 21.7. The number of Topliss-reactive ketones (excluding diaryl/α,β-unsaturated/α-hetero) is 1. The summed E-state index contributed by atoms with van der Waals surface area (Å²) in [7, 11) is 0. The van der Waals surface area contributed by atoms with Crippen LogP contribution < -0.4 is 0 Å². The van der Waals surface area contributed by atoms with Gasteiger partial charge in [0.05, 0.1) is 0 Å². The second-order valence-electron chi connectivity index (χ2n) is 3.44. The van der Waals surface area contributed by atoms with Gasteiger partial charge in [-0.25, -0.2) is 0 Å².